The van der Waals surface area contributed by atoms with Crippen LogP contribution in [0.4, 0.5) is 0 Å². The van der Waals surface area contributed by atoms with Crippen LogP contribution in [0.5, 0.6) is 0 Å². The molecule has 0 spiro atoms. The average Bonchev–Trinajstić information content (AvgIpc) is 2.77. The second kappa shape index (κ2) is 6.00. The molecule has 106 valence electrons. The van der Waals surface area contributed by atoms with Gasteiger partial charge in [0.2, 0.25) is 0 Å². The zero-order valence-corrected chi connectivity index (χ0v) is 12.2. The third-order valence-corrected chi connectivity index (χ3v) is 5.97. The number of hydrogen-bond donors (Lipinski definition) is 1. The summed E-state index contributed by atoms with van der Waals surface area (Å²) >= 11 is 1.54. The van der Waals surface area contributed by atoms with E-state index in [1.54, 1.807) is 11.3 Å². The Kier molecular flexibility index (Phi) is 4.57. The van der Waals surface area contributed by atoms with Gasteiger partial charge in [-0.3, -0.25) is 4.79 Å². The van der Waals surface area contributed by atoms with Crippen molar-refractivity contribution in [3.05, 3.63) is 16.1 Å². The van der Waals surface area contributed by atoms with Crippen LogP contribution in [0, 0.1) is 5.92 Å². The highest BCUT2D eigenvalue weighted by atomic mass is 32.2. The fourth-order valence-electron chi connectivity index (χ4n) is 2.18. The van der Waals surface area contributed by atoms with Gasteiger partial charge in [0.25, 0.3) is 0 Å². The van der Waals surface area contributed by atoms with E-state index >= 15 is 0 Å². The Bertz CT molecular complexity index is 536. The largest absolute Gasteiger partial charge is 0.481 e. The van der Waals surface area contributed by atoms with Crippen molar-refractivity contribution in [2.75, 3.05) is 11.5 Å². The fourth-order valence-corrected chi connectivity index (χ4v) is 4.72. The van der Waals surface area contributed by atoms with E-state index in [1.165, 1.54) is 0 Å². The highest BCUT2D eigenvalue weighted by Gasteiger charge is 2.24. The lowest BCUT2D eigenvalue weighted by Gasteiger charge is -2.20. The third kappa shape index (κ3) is 4.58. The molecule has 1 aliphatic rings. The monoisotopic (exact) mass is 303 g/mol. The Labute approximate surface area is 116 Å². The van der Waals surface area contributed by atoms with Gasteiger partial charge >= 0.3 is 5.97 Å². The highest BCUT2D eigenvalue weighted by Crippen LogP contribution is 2.24. The lowest BCUT2D eigenvalue weighted by molar-refractivity contribution is -0.136. The molecule has 1 aromatic rings. The second-order valence-corrected chi connectivity index (χ2v) is 8.17. The molecule has 1 aliphatic heterocycles. The topological polar surface area (TPSA) is 84.3 Å². The minimum absolute atomic E-state index is 0.102. The summed E-state index contributed by atoms with van der Waals surface area (Å²) in [4.78, 5) is 14.9. The Balaban J connectivity index is 1.85. The molecule has 0 unspecified atom stereocenters. The first-order valence-corrected chi connectivity index (χ1v) is 9.00. The molecule has 2 rings (SSSR count). The predicted molar refractivity (Wildman–Crippen MR) is 73.2 cm³/mol. The standard InChI is InChI=1S/C12H17NO4S2/c14-12(15)2-1-10-8-18-11(13-10)7-9-3-5-19(16,17)6-4-9/h8-9H,1-7H2,(H,14,15). The number of rotatable bonds is 5. The number of carboxylic acids is 1. The fraction of sp³-hybridized carbons (Fsp3) is 0.667. The summed E-state index contributed by atoms with van der Waals surface area (Å²) in [6.45, 7) is 0. The molecule has 0 aliphatic carbocycles. The van der Waals surface area contributed by atoms with Crippen LogP contribution in [0.15, 0.2) is 5.38 Å². The molecule has 0 radical (unpaired) electrons. The maximum absolute atomic E-state index is 11.3. The molecule has 0 atom stereocenters. The molecule has 2 heterocycles. The van der Waals surface area contributed by atoms with Crippen molar-refractivity contribution in [2.24, 2.45) is 5.92 Å². The van der Waals surface area contributed by atoms with Gasteiger partial charge in [-0.1, -0.05) is 0 Å². The van der Waals surface area contributed by atoms with E-state index in [-0.39, 0.29) is 17.9 Å². The van der Waals surface area contributed by atoms with Crippen molar-refractivity contribution < 1.29 is 18.3 Å². The van der Waals surface area contributed by atoms with Crippen LogP contribution in [-0.2, 0) is 27.5 Å². The number of hydrogen-bond acceptors (Lipinski definition) is 5. The van der Waals surface area contributed by atoms with Crippen LogP contribution in [0.2, 0.25) is 0 Å². The van der Waals surface area contributed by atoms with E-state index in [4.69, 9.17) is 5.11 Å². The number of carboxylic acid groups (broad SMARTS) is 1. The summed E-state index contributed by atoms with van der Waals surface area (Å²) < 4.78 is 22.7. The third-order valence-electron chi connectivity index (χ3n) is 3.33. The maximum Gasteiger partial charge on any atom is 0.303 e. The summed E-state index contributed by atoms with van der Waals surface area (Å²) in [5.74, 6) is 0.151. The number of carbonyl (C=O) groups is 1. The van der Waals surface area contributed by atoms with Crippen molar-refractivity contribution >= 4 is 27.1 Å². The first kappa shape index (κ1) is 14.5. The quantitative estimate of drug-likeness (QED) is 0.891. The zero-order valence-electron chi connectivity index (χ0n) is 10.5. The van der Waals surface area contributed by atoms with Crippen LogP contribution in [-0.4, -0.2) is 36.0 Å². The second-order valence-electron chi connectivity index (χ2n) is 4.93. The summed E-state index contributed by atoms with van der Waals surface area (Å²) in [7, 11) is -2.80. The van der Waals surface area contributed by atoms with Crippen molar-refractivity contribution in [3.63, 3.8) is 0 Å². The first-order chi connectivity index (χ1) is 8.94. The Morgan fingerprint density at radius 2 is 2.11 bits per heavy atom. The zero-order chi connectivity index (χ0) is 13.9. The summed E-state index contributed by atoms with van der Waals surface area (Å²) in [6.07, 6.45) is 2.81. The van der Waals surface area contributed by atoms with E-state index in [0.29, 0.717) is 25.2 Å². The lowest BCUT2D eigenvalue weighted by Crippen LogP contribution is -2.24. The predicted octanol–water partition coefficient (Wildman–Crippen LogP) is 1.53. The number of nitrogens with zero attached hydrogens (tertiary/aromatic N) is 1. The molecule has 0 amide bonds. The van der Waals surface area contributed by atoms with Crippen molar-refractivity contribution in [1.29, 1.82) is 0 Å². The Morgan fingerprint density at radius 1 is 1.42 bits per heavy atom. The molecule has 0 bridgehead atoms. The van der Waals surface area contributed by atoms with Crippen molar-refractivity contribution in [2.45, 2.75) is 32.1 Å². The van der Waals surface area contributed by atoms with E-state index in [2.05, 4.69) is 4.98 Å². The molecule has 1 aromatic heterocycles. The smallest absolute Gasteiger partial charge is 0.303 e. The van der Waals surface area contributed by atoms with Crippen LogP contribution in [0.3, 0.4) is 0 Å². The summed E-state index contributed by atoms with van der Waals surface area (Å²) in [5, 5.41) is 11.5. The van der Waals surface area contributed by atoms with Gasteiger partial charge in [-0.2, -0.15) is 0 Å². The van der Waals surface area contributed by atoms with E-state index < -0.39 is 15.8 Å². The molecule has 0 saturated carbocycles. The van der Waals surface area contributed by atoms with Crippen molar-refractivity contribution in [1.82, 2.24) is 4.98 Å². The SMILES string of the molecule is O=C(O)CCc1csc(CC2CCS(=O)(=O)CC2)n1. The van der Waals surface area contributed by atoms with Gasteiger partial charge in [-0.05, 0) is 18.8 Å². The van der Waals surface area contributed by atoms with Crippen molar-refractivity contribution in [3.8, 4) is 0 Å². The molecule has 1 saturated heterocycles. The van der Waals surface area contributed by atoms with Gasteiger partial charge in [-0.15, -0.1) is 11.3 Å². The van der Waals surface area contributed by atoms with Gasteiger partial charge in [-0.25, -0.2) is 13.4 Å². The molecule has 7 heteroatoms. The maximum atomic E-state index is 11.3. The van der Waals surface area contributed by atoms with Gasteiger partial charge < -0.3 is 5.11 Å². The van der Waals surface area contributed by atoms with E-state index in [9.17, 15) is 13.2 Å². The van der Waals surface area contributed by atoms with E-state index in [1.807, 2.05) is 5.38 Å². The lowest BCUT2D eigenvalue weighted by atomic mass is 9.99. The minimum atomic E-state index is -2.80. The molecular formula is C12H17NO4S2. The number of aromatic nitrogens is 1. The van der Waals surface area contributed by atoms with E-state index in [0.717, 1.165) is 17.1 Å². The molecule has 5 nitrogen and oxygen atoms in total. The average molecular weight is 303 g/mol. The molecular weight excluding hydrogens is 286 g/mol. The number of thiazole rings is 1. The van der Waals surface area contributed by atoms with Crippen LogP contribution >= 0.6 is 11.3 Å². The molecule has 1 fully saturated rings. The summed E-state index contributed by atoms with van der Waals surface area (Å²) in [6, 6.07) is 0. The number of sulfone groups is 1. The minimum Gasteiger partial charge on any atom is -0.481 e. The van der Waals surface area contributed by atoms with Crippen LogP contribution < -0.4 is 0 Å². The number of aliphatic carboxylic acids is 1. The Hall–Kier alpha value is -0.950. The summed E-state index contributed by atoms with van der Waals surface area (Å²) in [5.41, 5.74) is 0.825. The molecule has 19 heavy (non-hydrogen) atoms. The molecule has 0 aromatic carbocycles. The van der Waals surface area contributed by atoms with Crippen LogP contribution in [0.25, 0.3) is 0 Å². The van der Waals surface area contributed by atoms with Crippen LogP contribution in [0.1, 0.15) is 30.0 Å². The normalized spacial score (nSPS) is 19.4. The molecule has 1 N–H and O–H groups in total. The van der Waals surface area contributed by atoms with Gasteiger partial charge in [0.1, 0.15) is 9.84 Å². The van der Waals surface area contributed by atoms with Gasteiger partial charge in [0.05, 0.1) is 28.6 Å². The number of aryl methyl sites for hydroxylation is 1. The van der Waals surface area contributed by atoms with Gasteiger partial charge in [0, 0.05) is 18.2 Å². The first-order valence-electron chi connectivity index (χ1n) is 6.30. The Morgan fingerprint density at radius 3 is 2.74 bits per heavy atom. The highest BCUT2D eigenvalue weighted by molar-refractivity contribution is 7.91. The van der Waals surface area contributed by atoms with Gasteiger partial charge in [0.15, 0.2) is 0 Å².